The van der Waals surface area contributed by atoms with E-state index in [9.17, 15) is 18.0 Å². The Bertz CT molecular complexity index is 1340. The van der Waals surface area contributed by atoms with Gasteiger partial charge in [-0.2, -0.15) is 0 Å². The van der Waals surface area contributed by atoms with Crippen LogP contribution in [0.5, 0.6) is 0 Å². The summed E-state index contributed by atoms with van der Waals surface area (Å²) in [4.78, 5) is 28.0. The second-order valence-corrected chi connectivity index (χ2v) is 11.7. The minimum Gasteiger partial charge on any atom is -0.355 e. The molecule has 0 aromatic heterocycles. The molecular formula is C28H32BrN3O4S. The average Bonchev–Trinajstić information content (AvgIpc) is 2.86. The van der Waals surface area contributed by atoms with E-state index >= 15 is 0 Å². The zero-order chi connectivity index (χ0) is 27.2. The number of rotatable bonds is 10. The van der Waals surface area contributed by atoms with E-state index in [1.807, 2.05) is 38.1 Å². The van der Waals surface area contributed by atoms with Crippen molar-refractivity contribution in [2.24, 2.45) is 0 Å². The summed E-state index contributed by atoms with van der Waals surface area (Å²) in [5.74, 6) is -0.798. The Labute approximate surface area is 227 Å². The van der Waals surface area contributed by atoms with Crippen LogP contribution in [0, 0.1) is 13.8 Å². The van der Waals surface area contributed by atoms with Gasteiger partial charge in [-0.3, -0.25) is 13.9 Å². The van der Waals surface area contributed by atoms with Crippen molar-refractivity contribution in [3.63, 3.8) is 0 Å². The summed E-state index contributed by atoms with van der Waals surface area (Å²) < 4.78 is 29.3. The van der Waals surface area contributed by atoms with E-state index in [4.69, 9.17) is 0 Å². The number of hydrogen-bond acceptors (Lipinski definition) is 4. The maximum Gasteiger partial charge on any atom is 0.264 e. The molecule has 0 saturated carbocycles. The molecule has 7 nitrogen and oxygen atoms in total. The van der Waals surface area contributed by atoms with Gasteiger partial charge in [-0.05, 0) is 63.6 Å². The smallest absolute Gasteiger partial charge is 0.264 e. The number of carbonyl (C=O) groups excluding carboxylic acids is 2. The first-order valence-corrected chi connectivity index (χ1v) is 14.2. The highest BCUT2D eigenvalue weighted by atomic mass is 79.9. The second-order valence-electron chi connectivity index (χ2n) is 8.88. The lowest BCUT2D eigenvalue weighted by Gasteiger charge is -2.32. The van der Waals surface area contributed by atoms with Gasteiger partial charge in [0.1, 0.15) is 12.6 Å². The normalized spacial score (nSPS) is 12.0. The molecule has 0 aliphatic rings. The summed E-state index contributed by atoms with van der Waals surface area (Å²) >= 11 is 3.40. The third-order valence-corrected chi connectivity index (χ3v) is 8.26. The van der Waals surface area contributed by atoms with Gasteiger partial charge in [0, 0.05) is 17.6 Å². The molecule has 0 bridgehead atoms. The number of halogens is 1. The Kier molecular flexibility index (Phi) is 9.50. The van der Waals surface area contributed by atoms with E-state index < -0.39 is 28.5 Å². The number of nitrogens with one attached hydrogen (secondary N) is 1. The molecule has 1 atom stereocenters. The van der Waals surface area contributed by atoms with Crippen LogP contribution >= 0.6 is 15.9 Å². The molecule has 0 unspecified atom stereocenters. The van der Waals surface area contributed by atoms with Gasteiger partial charge in [0.05, 0.1) is 10.6 Å². The van der Waals surface area contributed by atoms with Crippen LogP contribution in [0.1, 0.15) is 30.5 Å². The monoisotopic (exact) mass is 585 g/mol. The lowest BCUT2D eigenvalue weighted by molar-refractivity contribution is -0.139. The van der Waals surface area contributed by atoms with Gasteiger partial charge in [0.2, 0.25) is 11.8 Å². The molecule has 0 saturated heterocycles. The molecule has 3 aromatic rings. The first kappa shape index (κ1) is 28.4. The summed E-state index contributed by atoms with van der Waals surface area (Å²) in [5, 5.41) is 2.76. The van der Waals surface area contributed by atoms with Crippen molar-refractivity contribution in [3.8, 4) is 0 Å². The predicted molar refractivity (Wildman–Crippen MR) is 150 cm³/mol. The second kappa shape index (κ2) is 12.4. The van der Waals surface area contributed by atoms with Crippen LogP contribution in [0.2, 0.25) is 0 Å². The van der Waals surface area contributed by atoms with Gasteiger partial charge < -0.3 is 10.2 Å². The highest BCUT2D eigenvalue weighted by molar-refractivity contribution is 9.10. The SMILES string of the molecule is CCNC(=O)[C@@H](C)N(Cc1ccc(C)cc1)C(=O)CN(c1cccc(Br)c1)S(=O)(=O)c1ccc(C)cc1. The number of nitrogens with zero attached hydrogens (tertiary/aromatic N) is 2. The average molecular weight is 587 g/mol. The summed E-state index contributed by atoms with van der Waals surface area (Å²) in [6, 6.07) is 20.1. The molecule has 0 radical (unpaired) electrons. The fourth-order valence-electron chi connectivity index (χ4n) is 3.79. The largest absolute Gasteiger partial charge is 0.355 e. The third-order valence-electron chi connectivity index (χ3n) is 5.98. The first-order chi connectivity index (χ1) is 17.5. The number of likely N-dealkylation sites (N-methyl/N-ethyl adjacent to an activating group) is 1. The van der Waals surface area contributed by atoms with Crippen molar-refractivity contribution < 1.29 is 18.0 Å². The van der Waals surface area contributed by atoms with Crippen LogP contribution in [-0.4, -0.2) is 44.3 Å². The Hall–Kier alpha value is -3.17. The minimum absolute atomic E-state index is 0.0766. The van der Waals surface area contributed by atoms with E-state index in [1.165, 1.54) is 17.0 Å². The van der Waals surface area contributed by atoms with Crippen LogP contribution in [0.15, 0.2) is 82.2 Å². The van der Waals surface area contributed by atoms with Crippen molar-refractivity contribution in [3.05, 3.63) is 94.0 Å². The van der Waals surface area contributed by atoms with E-state index in [0.717, 1.165) is 21.0 Å². The fraction of sp³-hybridized carbons (Fsp3) is 0.286. The number of amides is 2. The number of hydrogen-bond donors (Lipinski definition) is 1. The van der Waals surface area contributed by atoms with Crippen molar-refractivity contribution >= 4 is 43.5 Å². The van der Waals surface area contributed by atoms with Crippen LogP contribution in [0.3, 0.4) is 0 Å². The predicted octanol–water partition coefficient (Wildman–Crippen LogP) is 4.81. The standard InChI is InChI=1S/C28H32BrN3O4S/c1-5-30-28(34)22(4)31(18-23-13-9-20(2)10-14-23)27(33)19-32(25-8-6-7-24(29)17-25)37(35,36)26-15-11-21(3)12-16-26/h6-17,22H,5,18-19H2,1-4H3,(H,30,34)/t22-/m1/s1. The molecule has 0 fully saturated rings. The molecule has 9 heteroatoms. The molecule has 3 rings (SSSR count). The topological polar surface area (TPSA) is 86.8 Å². The quantitative estimate of drug-likeness (QED) is 0.370. The Balaban J connectivity index is 2.02. The highest BCUT2D eigenvalue weighted by Gasteiger charge is 2.32. The van der Waals surface area contributed by atoms with Crippen molar-refractivity contribution in [2.45, 2.75) is 45.2 Å². The van der Waals surface area contributed by atoms with Crippen LogP contribution in [-0.2, 0) is 26.2 Å². The summed E-state index contributed by atoms with van der Waals surface area (Å²) in [5.41, 5.74) is 3.17. The van der Waals surface area contributed by atoms with E-state index in [2.05, 4.69) is 21.2 Å². The first-order valence-electron chi connectivity index (χ1n) is 12.0. The Morgan fingerprint density at radius 3 is 2.11 bits per heavy atom. The van der Waals surface area contributed by atoms with Crippen LogP contribution < -0.4 is 9.62 Å². The lowest BCUT2D eigenvalue weighted by Crippen LogP contribution is -2.51. The van der Waals surface area contributed by atoms with Gasteiger partial charge in [-0.1, -0.05) is 69.5 Å². The Morgan fingerprint density at radius 1 is 0.946 bits per heavy atom. The van der Waals surface area contributed by atoms with Gasteiger partial charge in [0.25, 0.3) is 10.0 Å². The molecule has 0 spiro atoms. The van der Waals surface area contributed by atoms with Gasteiger partial charge >= 0.3 is 0 Å². The number of sulfonamides is 1. The number of carbonyl (C=O) groups is 2. The van der Waals surface area contributed by atoms with Gasteiger partial charge in [0.15, 0.2) is 0 Å². The molecule has 196 valence electrons. The van der Waals surface area contributed by atoms with Crippen molar-refractivity contribution in [2.75, 3.05) is 17.4 Å². The number of benzene rings is 3. The molecule has 0 aliphatic carbocycles. The Morgan fingerprint density at radius 2 is 1.54 bits per heavy atom. The minimum atomic E-state index is -4.09. The molecule has 1 N–H and O–H groups in total. The lowest BCUT2D eigenvalue weighted by atomic mass is 10.1. The van der Waals surface area contributed by atoms with E-state index in [-0.39, 0.29) is 17.3 Å². The fourth-order valence-corrected chi connectivity index (χ4v) is 5.59. The maximum absolute atomic E-state index is 13.8. The molecule has 2 amide bonds. The molecule has 37 heavy (non-hydrogen) atoms. The maximum atomic E-state index is 13.8. The van der Waals surface area contributed by atoms with Crippen molar-refractivity contribution in [1.29, 1.82) is 0 Å². The number of anilines is 1. The zero-order valence-electron chi connectivity index (χ0n) is 21.4. The summed E-state index contributed by atoms with van der Waals surface area (Å²) in [7, 11) is -4.09. The summed E-state index contributed by atoms with van der Waals surface area (Å²) in [6.07, 6.45) is 0. The zero-order valence-corrected chi connectivity index (χ0v) is 23.8. The molecular weight excluding hydrogens is 554 g/mol. The third kappa shape index (κ3) is 7.20. The summed E-state index contributed by atoms with van der Waals surface area (Å²) in [6.45, 7) is 7.40. The van der Waals surface area contributed by atoms with Gasteiger partial charge in [-0.15, -0.1) is 0 Å². The number of aryl methyl sites for hydroxylation is 2. The molecule has 0 heterocycles. The van der Waals surface area contributed by atoms with Crippen LogP contribution in [0.25, 0.3) is 0 Å². The van der Waals surface area contributed by atoms with E-state index in [0.29, 0.717) is 16.7 Å². The molecule has 3 aromatic carbocycles. The van der Waals surface area contributed by atoms with Crippen molar-refractivity contribution in [1.82, 2.24) is 10.2 Å². The highest BCUT2D eigenvalue weighted by Crippen LogP contribution is 2.27. The van der Waals surface area contributed by atoms with E-state index in [1.54, 1.807) is 50.2 Å². The van der Waals surface area contributed by atoms with Gasteiger partial charge in [-0.25, -0.2) is 8.42 Å². The van der Waals surface area contributed by atoms with Crippen LogP contribution in [0.4, 0.5) is 5.69 Å². The molecule has 0 aliphatic heterocycles.